The molecule has 2 aromatic rings. The van der Waals surface area contributed by atoms with Gasteiger partial charge in [-0.05, 0) is 28.7 Å². The largest absolute Gasteiger partial charge is 0.352 e. The molecule has 1 heterocycles. The summed E-state index contributed by atoms with van der Waals surface area (Å²) in [5.41, 5.74) is 5.61. The number of fused-ring (bicyclic) bond motifs is 1. The molecule has 0 bridgehead atoms. The van der Waals surface area contributed by atoms with Gasteiger partial charge in [0.15, 0.2) is 5.78 Å². The second-order valence-electron chi connectivity index (χ2n) is 6.46. The van der Waals surface area contributed by atoms with E-state index in [9.17, 15) is 9.59 Å². The van der Waals surface area contributed by atoms with E-state index in [4.69, 9.17) is 0 Å². The topological polar surface area (TPSA) is 58.2 Å². The molecule has 1 aliphatic heterocycles. The molecule has 0 fully saturated rings. The zero-order valence-electron chi connectivity index (χ0n) is 14.6. The molecule has 4 heteroatoms. The van der Waals surface area contributed by atoms with Crippen LogP contribution in [0.2, 0.25) is 0 Å². The van der Waals surface area contributed by atoms with Gasteiger partial charge in [-0.3, -0.25) is 9.59 Å². The van der Waals surface area contributed by atoms with Gasteiger partial charge in [-0.1, -0.05) is 49.4 Å². The third kappa shape index (κ3) is 4.54. The first-order valence-electron chi connectivity index (χ1n) is 8.86. The minimum atomic E-state index is -0.0860. The highest BCUT2D eigenvalue weighted by atomic mass is 16.2. The normalized spacial score (nSPS) is 12.7. The van der Waals surface area contributed by atoms with Crippen LogP contribution in [0.4, 0.5) is 0 Å². The summed E-state index contributed by atoms with van der Waals surface area (Å²) in [5.74, 6) is -0.0708. The average Bonchev–Trinajstić information content (AvgIpc) is 3.12. The van der Waals surface area contributed by atoms with Gasteiger partial charge < -0.3 is 10.6 Å². The molecule has 1 aliphatic rings. The molecule has 0 aromatic heterocycles. The first-order chi connectivity index (χ1) is 12.2. The van der Waals surface area contributed by atoms with Crippen molar-refractivity contribution in [2.45, 2.75) is 45.8 Å². The molecule has 0 spiro atoms. The van der Waals surface area contributed by atoms with E-state index in [1.165, 1.54) is 16.7 Å². The molecule has 2 N–H and O–H groups in total. The quantitative estimate of drug-likeness (QED) is 0.764. The third-order valence-corrected chi connectivity index (χ3v) is 4.65. The second kappa shape index (κ2) is 8.08. The minimum Gasteiger partial charge on any atom is -0.352 e. The van der Waals surface area contributed by atoms with E-state index in [2.05, 4.69) is 29.7 Å². The Balaban J connectivity index is 1.45. The second-order valence-corrected chi connectivity index (χ2v) is 6.46. The van der Waals surface area contributed by atoms with Crippen molar-refractivity contribution in [1.82, 2.24) is 10.6 Å². The van der Waals surface area contributed by atoms with Crippen LogP contribution in [-0.4, -0.2) is 11.7 Å². The monoisotopic (exact) mass is 336 g/mol. The van der Waals surface area contributed by atoms with Gasteiger partial charge in [-0.15, -0.1) is 0 Å². The third-order valence-electron chi connectivity index (χ3n) is 4.65. The minimum absolute atomic E-state index is 0.0152. The summed E-state index contributed by atoms with van der Waals surface area (Å²) < 4.78 is 0. The van der Waals surface area contributed by atoms with Crippen molar-refractivity contribution in [3.63, 3.8) is 0 Å². The Labute approximate surface area is 148 Å². The van der Waals surface area contributed by atoms with Gasteiger partial charge in [0.2, 0.25) is 5.91 Å². The predicted octanol–water partition coefficient (Wildman–Crippen LogP) is 3.13. The summed E-state index contributed by atoms with van der Waals surface area (Å²) in [4.78, 5) is 24.2. The fraction of sp³-hybridized carbons (Fsp3) is 0.333. The van der Waals surface area contributed by atoms with Crippen LogP contribution in [0, 0.1) is 0 Å². The maximum Gasteiger partial charge on any atom is 0.220 e. The van der Waals surface area contributed by atoms with Crippen LogP contribution in [0.1, 0.15) is 52.4 Å². The van der Waals surface area contributed by atoms with Crippen molar-refractivity contribution in [3.05, 3.63) is 70.3 Å². The van der Waals surface area contributed by atoms with Gasteiger partial charge in [0.25, 0.3) is 0 Å². The number of Topliss-reactive ketones (excluding diaryl/α,β-unsaturated/α-hetero) is 1. The fourth-order valence-electron chi connectivity index (χ4n) is 3.04. The number of aryl methyl sites for hydroxylation is 1. The molecule has 0 saturated heterocycles. The van der Waals surface area contributed by atoms with Crippen LogP contribution < -0.4 is 10.6 Å². The maximum atomic E-state index is 12.2. The lowest BCUT2D eigenvalue weighted by molar-refractivity contribution is -0.121. The van der Waals surface area contributed by atoms with Gasteiger partial charge in [-0.25, -0.2) is 0 Å². The number of ketones is 1. The lowest BCUT2D eigenvalue weighted by Gasteiger charge is -2.07. The van der Waals surface area contributed by atoms with Crippen LogP contribution in [0.3, 0.4) is 0 Å². The summed E-state index contributed by atoms with van der Waals surface area (Å²) in [7, 11) is 0. The number of amides is 1. The summed E-state index contributed by atoms with van der Waals surface area (Å²) in [6.07, 6.45) is 1.42. The summed E-state index contributed by atoms with van der Waals surface area (Å²) in [6, 6.07) is 13.9. The molecule has 2 aromatic carbocycles. The van der Waals surface area contributed by atoms with Crippen molar-refractivity contribution in [3.8, 4) is 0 Å². The molecule has 1 amide bonds. The lowest BCUT2D eigenvalue weighted by atomic mass is 10.0. The highest BCUT2D eigenvalue weighted by molar-refractivity contribution is 5.97. The highest BCUT2D eigenvalue weighted by Gasteiger charge is 2.12. The zero-order valence-corrected chi connectivity index (χ0v) is 14.6. The number of carbonyl (C=O) groups is 2. The van der Waals surface area contributed by atoms with E-state index in [1.54, 1.807) is 0 Å². The number of carbonyl (C=O) groups excluding carboxylic acids is 2. The summed E-state index contributed by atoms with van der Waals surface area (Å²) >= 11 is 0. The SMILES string of the molecule is CCc1ccc(C(=O)CCC(=O)NCc2ccc3c(c2)CNC3)cc1. The van der Waals surface area contributed by atoms with Crippen molar-refractivity contribution in [2.75, 3.05) is 0 Å². The Hall–Kier alpha value is -2.46. The molecule has 0 saturated carbocycles. The van der Waals surface area contributed by atoms with Gasteiger partial charge >= 0.3 is 0 Å². The van der Waals surface area contributed by atoms with Crippen LogP contribution in [-0.2, 0) is 30.8 Å². The Kier molecular flexibility index (Phi) is 5.61. The molecular weight excluding hydrogens is 312 g/mol. The first kappa shape index (κ1) is 17.4. The highest BCUT2D eigenvalue weighted by Crippen LogP contribution is 2.17. The van der Waals surface area contributed by atoms with Crippen LogP contribution in [0.15, 0.2) is 42.5 Å². The molecule has 3 rings (SSSR count). The smallest absolute Gasteiger partial charge is 0.220 e. The molecule has 0 radical (unpaired) electrons. The first-order valence-corrected chi connectivity index (χ1v) is 8.86. The molecule has 4 nitrogen and oxygen atoms in total. The van der Waals surface area contributed by atoms with E-state index in [-0.39, 0.29) is 24.5 Å². The van der Waals surface area contributed by atoms with E-state index >= 15 is 0 Å². The van der Waals surface area contributed by atoms with E-state index < -0.39 is 0 Å². The summed E-state index contributed by atoms with van der Waals surface area (Å²) in [5, 5.41) is 6.21. The van der Waals surface area contributed by atoms with E-state index in [0.717, 1.165) is 25.1 Å². The lowest BCUT2D eigenvalue weighted by Crippen LogP contribution is -2.23. The van der Waals surface area contributed by atoms with E-state index in [0.29, 0.717) is 12.1 Å². The molecular formula is C21H24N2O2. The molecule has 0 atom stereocenters. The fourth-order valence-corrected chi connectivity index (χ4v) is 3.04. The number of rotatable bonds is 7. The number of hydrogen-bond acceptors (Lipinski definition) is 3. The molecule has 130 valence electrons. The maximum absolute atomic E-state index is 12.2. The van der Waals surface area contributed by atoms with Gasteiger partial charge in [0, 0.05) is 38.0 Å². The molecule has 0 unspecified atom stereocenters. The van der Waals surface area contributed by atoms with Crippen LogP contribution in [0.5, 0.6) is 0 Å². The Morgan fingerprint density at radius 2 is 1.68 bits per heavy atom. The Bertz CT molecular complexity index is 766. The number of hydrogen-bond donors (Lipinski definition) is 2. The van der Waals surface area contributed by atoms with Crippen LogP contribution >= 0.6 is 0 Å². The molecule has 0 aliphatic carbocycles. The summed E-state index contributed by atoms with van der Waals surface area (Å²) in [6.45, 7) is 4.40. The van der Waals surface area contributed by atoms with E-state index in [1.807, 2.05) is 30.3 Å². The van der Waals surface area contributed by atoms with Gasteiger partial charge in [0.1, 0.15) is 0 Å². The Morgan fingerprint density at radius 1 is 0.960 bits per heavy atom. The van der Waals surface area contributed by atoms with Gasteiger partial charge in [0.05, 0.1) is 0 Å². The van der Waals surface area contributed by atoms with Crippen molar-refractivity contribution in [2.24, 2.45) is 0 Å². The zero-order chi connectivity index (χ0) is 17.6. The van der Waals surface area contributed by atoms with Crippen LogP contribution in [0.25, 0.3) is 0 Å². The predicted molar refractivity (Wildman–Crippen MR) is 98.2 cm³/mol. The average molecular weight is 336 g/mol. The van der Waals surface area contributed by atoms with Crippen molar-refractivity contribution < 1.29 is 9.59 Å². The van der Waals surface area contributed by atoms with Gasteiger partial charge in [-0.2, -0.15) is 0 Å². The Morgan fingerprint density at radius 3 is 2.44 bits per heavy atom. The number of nitrogens with one attached hydrogen (secondary N) is 2. The number of benzene rings is 2. The molecule has 25 heavy (non-hydrogen) atoms. The van der Waals surface area contributed by atoms with Crippen molar-refractivity contribution >= 4 is 11.7 Å². The standard InChI is InChI=1S/C21H24N2O2/c1-2-15-3-6-17(7-4-15)20(24)9-10-21(25)23-12-16-5-8-18-13-22-14-19(18)11-16/h3-8,11,22H,2,9-10,12-14H2,1H3,(H,23,25). The van der Waals surface area contributed by atoms with Crippen molar-refractivity contribution in [1.29, 1.82) is 0 Å².